The van der Waals surface area contributed by atoms with Gasteiger partial charge in [0.15, 0.2) is 0 Å². The molecule has 0 aliphatic heterocycles. The Hall–Kier alpha value is 0.686. The summed E-state index contributed by atoms with van der Waals surface area (Å²) in [6.07, 6.45) is 0. The molecule has 0 radical (unpaired) electrons. The van der Waals surface area contributed by atoms with Crippen molar-refractivity contribution in [1.82, 2.24) is 0 Å². The SMILES string of the molecule is COCCO.[H-].[H-].[Mg+2]. The molecule has 0 amide bonds. The van der Waals surface area contributed by atoms with Gasteiger partial charge in [-0.05, 0) is 0 Å². The zero-order chi connectivity index (χ0) is 4.12. The topological polar surface area (TPSA) is 29.5 Å². The summed E-state index contributed by atoms with van der Waals surface area (Å²) in [5, 5.41) is 7.94. The van der Waals surface area contributed by atoms with E-state index in [4.69, 9.17) is 5.11 Å². The van der Waals surface area contributed by atoms with Crippen LogP contribution in [0.3, 0.4) is 0 Å². The fourth-order valence-electron chi connectivity index (χ4n) is 0.0913. The Bertz CT molecular complexity index is 22.8. The molecule has 0 saturated heterocycles. The molecule has 0 unspecified atom stereocenters. The van der Waals surface area contributed by atoms with Gasteiger partial charge in [-0.2, -0.15) is 0 Å². The molecule has 0 bridgehead atoms. The van der Waals surface area contributed by atoms with E-state index in [1.807, 2.05) is 0 Å². The van der Waals surface area contributed by atoms with Crippen molar-refractivity contribution in [3.63, 3.8) is 0 Å². The third-order valence-corrected chi connectivity index (χ3v) is 0.295. The fraction of sp³-hybridized carbons (Fsp3) is 1.00. The molecule has 0 aliphatic carbocycles. The van der Waals surface area contributed by atoms with Crippen LogP contribution >= 0.6 is 0 Å². The predicted octanol–water partition coefficient (Wildman–Crippen LogP) is -0.531. The maximum Gasteiger partial charge on any atom is 2.00 e. The van der Waals surface area contributed by atoms with Crippen LogP contribution in [-0.4, -0.2) is 48.5 Å². The van der Waals surface area contributed by atoms with Crippen LogP contribution in [0.1, 0.15) is 2.85 Å². The van der Waals surface area contributed by atoms with Gasteiger partial charge in [0.2, 0.25) is 0 Å². The molecule has 0 spiro atoms. The number of ether oxygens (including phenoxy) is 1. The first kappa shape index (κ1) is 9.84. The van der Waals surface area contributed by atoms with Crippen LogP contribution < -0.4 is 0 Å². The average Bonchev–Trinajstić information content (AvgIpc) is 1.41. The second-order valence-corrected chi connectivity index (χ2v) is 0.716. The molecule has 0 aromatic carbocycles. The molecule has 0 aromatic rings. The molecule has 2 nitrogen and oxygen atoms in total. The molecule has 0 rings (SSSR count). The number of hydrogen-bond acceptors (Lipinski definition) is 2. The predicted molar refractivity (Wildman–Crippen MR) is 26.9 cm³/mol. The summed E-state index contributed by atoms with van der Waals surface area (Å²) in [7, 11) is 1.55. The van der Waals surface area contributed by atoms with E-state index in [0.717, 1.165) is 0 Å². The van der Waals surface area contributed by atoms with E-state index in [2.05, 4.69) is 4.74 Å². The van der Waals surface area contributed by atoms with Gasteiger partial charge in [-0.1, -0.05) is 0 Å². The first-order valence-electron chi connectivity index (χ1n) is 1.51. The average molecular weight is 102 g/mol. The minimum Gasteiger partial charge on any atom is -1.00 e. The molecule has 0 fully saturated rings. The van der Waals surface area contributed by atoms with Crippen molar-refractivity contribution in [2.45, 2.75) is 0 Å². The fourth-order valence-corrected chi connectivity index (χ4v) is 0.0913. The van der Waals surface area contributed by atoms with Crippen LogP contribution in [0.15, 0.2) is 0 Å². The third-order valence-electron chi connectivity index (χ3n) is 0.295. The van der Waals surface area contributed by atoms with Crippen LogP contribution in [0.2, 0.25) is 0 Å². The Morgan fingerprint density at radius 1 is 1.83 bits per heavy atom. The Balaban J connectivity index is -0.0000000267. The van der Waals surface area contributed by atoms with E-state index in [1.54, 1.807) is 7.11 Å². The summed E-state index contributed by atoms with van der Waals surface area (Å²) < 4.78 is 4.44. The van der Waals surface area contributed by atoms with Crippen molar-refractivity contribution in [3.8, 4) is 0 Å². The van der Waals surface area contributed by atoms with Crippen molar-refractivity contribution in [2.24, 2.45) is 0 Å². The van der Waals surface area contributed by atoms with Gasteiger partial charge in [0.05, 0.1) is 13.2 Å². The van der Waals surface area contributed by atoms with E-state index >= 15 is 0 Å². The maximum atomic E-state index is 7.94. The Morgan fingerprint density at radius 2 is 2.33 bits per heavy atom. The minimum absolute atomic E-state index is 0. The second kappa shape index (κ2) is 9.19. The van der Waals surface area contributed by atoms with E-state index < -0.39 is 0 Å². The van der Waals surface area contributed by atoms with E-state index in [0.29, 0.717) is 6.61 Å². The first-order valence-corrected chi connectivity index (χ1v) is 1.51. The molecule has 0 heterocycles. The molecule has 0 aliphatic rings. The molecule has 36 valence electrons. The normalized spacial score (nSPS) is 7.00. The van der Waals surface area contributed by atoms with Gasteiger partial charge in [-0.3, -0.25) is 0 Å². The smallest absolute Gasteiger partial charge is 1.00 e. The summed E-state index contributed by atoms with van der Waals surface area (Å²) in [5.41, 5.74) is 0. The standard InChI is InChI=1S/C3H8O2.Mg.2H/c1-5-3-2-4;;;/h4H,2-3H2,1H3;;;/q;+2;2*-1. The summed E-state index contributed by atoms with van der Waals surface area (Å²) in [6, 6.07) is 0. The molecule has 0 aromatic heterocycles. The van der Waals surface area contributed by atoms with Gasteiger partial charge in [-0.15, -0.1) is 0 Å². The largest absolute Gasteiger partial charge is 2.00 e. The molecule has 1 N–H and O–H groups in total. The molecule has 3 heteroatoms. The number of aliphatic hydroxyl groups is 1. The summed E-state index contributed by atoms with van der Waals surface area (Å²) in [5.74, 6) is 0. The van der Waals surface area contributed by atoms with Crippen LogP contribution in [0.25, 0.3) is 0 Å². The van der Waals surface area contributed by atoms with Crippen LogP contribution in [0.4, 0.5) is 0 Å². The Morgan fingerprint density at radius 3 is 2.33 bits per heavy atom. The van der Waals surface area contributed by atoms with Crippen molar-refractivity contribution in [2.75, 3.05) is 20.3 Å². The summed E-state index contributed by atoms with van der Waals surface area (Å²) >= 11 is 0. The van der Waals surface area contributed by atoms with Crippen molar-refractivity contribution in [3.05, 3.63) is 0 Å². The third kappa shape index (κ3) is 8.82. The van der Waals surface area contributed by atoms with Gasteiger partial charge in [0.25, 0.3) is 0 Å². The van der Waals surface area contributed by atoms with Crippen LogP contribution in [0.5, 0.6) is 0 Å². The number of rotatable bonds is 2. The molecule has 6 heavy (non-hydrogen) atoms. The quantitative estimate of drug-likeness (QED) is 0.475. The summed E-state index contributed by atoms with van der Waals surface area (Å²) in [6.45, 7) is 0.566. The van der Waals surface area contributed by atoms with Crippen molar-refractivity contribution in [1.29, 1.82) is 0 Å². The summed E-state index contributed by atoms with van der Waals surface area (Å²) in [4.78, 5) is 0. The van der Waals surface area contributed by atoms with Crippen LogP contribution in [0, 0.1) is 0 Å². The monoisotopic (exact) mass is 102 g/mol. The van der Waals surface area contributed by atoms with Gasteiger partial charge in [0.1, 0.15) is 0 Å². The second-order valence-electron chi connectivity index (χ2n) is 0.716. The van der Waals surface area contributed by atoms with Gasteiger partial charge in [0, 0.05) is 7.11 Å². The van der Waals surface area contributed by atoms with E-state index in [-0.39, 0.29) is 32.5 Å². The molecule has 0 atom stereocenters. The Kier molecular flexibility index (Phi) is 15.1. The van der Waals surface area contributed by atoms with Crippen molar-refractivity contribution < 1.29 is 12.7 Å². The maximum absolute atomic E-state index is 7.94. The molecular weight excluding hydrogens is 92.3 g/mol. The van der Waals surface area contributed by atoms with Gasteiger partial charge in [-0.25, -0.2) is 0 Å². The minimum atomic E-state index is 0. The zero-order valence-corrected chi connectivity index (χ0v) is 5.39. The molecular formula is C3H10MgO2. The zero-order valence-electron chi connectivity index (χ0n) is 5.98. The van der Waals surface area contributed by atoms with Crippen LogP contribution in [-0.2, 0) is 4.74 Å². The van der Waals surface area contributed by atoms with Gasteiger partial charge < -0.3 is 12.7 Å². The van der Waals surface area contributed by atoms with E-state index in [9.17, 15) is 0 Å². The number of hydrogen-bond donors (Lipinski definition) is 1. The number of aliphatic hydroxyl groups excluding tert-OH is 1. The molecule has 0 saturated carbocycles. The van der Waals surface area contributed by atoms with E-state index in [1.165, 1.54) is 0 Å². The first-order chi connectivity index (χ1) is 2.41. The van der Waals surface area contributed by atoms with Gasteiger partial charge >= 0.3 is 23.1 Å². The Labute approximate surface area is 56.6 Å². The van der Waals surface area contributed by atoms with Crippen molar-refractivity contribution >= 4 is 23.1 Å². The number of methoxy groups -OCH3 is 1.